The van der Waals surface area contributed by atoms with E-state index in [1.807, 2.05) is 34.8 Å². The van der Waals surface area contributed by atoms with Gasteiger partial charge in [0.2, 0.25) is 0 Å². The number of aromatic nitrogens is 4. The topological polar surface area (TPSA) is 50.4 Å². The second-order valence-electron chi connectivity index (χ2n) is 5.98. The first-order valence-corrected chi connectivity index (χ1v) is 7.65. The van der Waals surface area contributed by atoms with Crippen molar-refractivity contribution in [2.75, 3.05) is 24.5 Å². The highest BCUT2D eigenvalue weighted by atomic mass is 35.5. The second-order valence-corrected chi connectivity index (χ2v) is 5.98. The van der Waals surface area contributed by atoms with Crippen molar-refractivity contribution in [3.05, 3.63) is 36.9 Å². The lowest BCUT2D eigenvalue weighted by atomic mass is 10.1. The predicted molar refractivity (Wildman–Crippen MR) is 94.3 cm³/mol. The van der Waals surface area contributed by atoms with Crippen molar-refractivity contribution < 1.29 is 0 Å². The van der Waals surface area contributed by atoms with Crippen LogP contribution in [0.25, 0.3) is 16.6 Å². The number of anilines is 1. The normalized spacial score (nSPS) is 18.2. The molecule has 0 saturated carbocycles. The van der Waals surface area contributed by atoms with E-state index in [1.165, 1.54) is 5.69 Å². The van der Waals surface area contributed by atoms with Gasteiger partial charge in [-0.1, -0.05) is 6.07 Å². The molecule has 3 aromatic rings. The summed E-state index contributed by atoms with van der Waals surface area (Å²) in [4.78, 5) is 2.41. The number of piperazine rings is 1. The van der Waals surface area contributed by atoms with Gasteiger partial charge in [0, 0.05) is 56.2 Å². The van der Waals surface area contributed by atoms with Gasteiger partial charge in [-0.05, 0) is 13.0 Å². The highest BCUT2D eigenvalue weighted by Gasteiger charge is 2.19. The largest absolute Gasteiger partial charge is 0.366 e. The van der Waals surface area contributed by atoms with E-state index in [0.717, 1.165) is 36.3 Å². The van der Waals surface area contributed by atoms with E-state index in [1.54, 1.807) is 0 Å². The van der Waals surface area contributed by atoms with Crippen molar-refractivity contribution in [2.24, 2.45) is 7.05 Å². The fourth-order valence-electron chi connectivity index (χ4n) is 3.11. The lowest BCUT2D eigenvalue weighted by molar-refractivity contribution is 0.485. The van der Waals surface area contributed by atoms with Crippen molar-refractivity contribution in [3.63, 3.8) is 0 Å². The minimum atomic E-state index is 0. The molecule has 7 heteroatoms. The van der Waals surface area contributed by atoms with E-state index in [4.69, 9.17) is 0 Å². The SMILES string of the molecule is C[C@H]1CN(c2cnn3cc(-c4cnn(C)c4)ccc23)CCN1.Cl. The summed E-state index contributed by atoms with van der Waals surface area (Å²) in [6.07, 6.45) is 7.94. The molecule has 4 rings (SSSR count). The molecule has 4 heterocycles. The van der Waals surface area contributed by atoms with Gasteiger partial charge in [0.15, 0.2) is 0 Å². The molecule has 0 bridgehead atoms. The maximum Gasteiger partial charge on any atom is 0.0896 e. The third-order valence-corrected chi connectivity index (χ3v) is 4.24. The van der Waals surface area contributed by atoms with Crippen LogP contribution in [0.2, 0.25) is 0 Å². The van der Waals surface area contributed by atoms with Crippen LogP contribution in [0, 0.1) is 0 Å². The minimum Gasteiger partial charge on any atom is -0.366 e. The summed E-state index contributed by atoms with van der Waals surface area (Å²) in [6, 6.07) is 4.80. The number of pyridine rings is 1. The van der Waals surface area contributed by atoms with Gasteiger partial charge in [0.25, 0.3) is 0 Å². The van der Waals surface area contributed by atoms with E-state index in [9.17, 15) is 0 Å². The standard InChI is InChI=1S/C16H20N6.ClH/c1-12-9-21(6-5-17-12)16-8-19-22-11-13(3-4-15(16)22)14-7-18-20(2)10-14;/h3-4,7-8,10-12,17H,5-6,9H2,1-2H3;1H/t12-;/m0./s1. The molecule has 23 heavy (non-hydrogen) atoms. The van der Waals surface area contributed by atoms with Crippen molar-refractivity contribution in [3.8, 4) is 11.1 Å². The van der Waals surface area contributed by atoms with E-state index < -0.39 is 0 Å². The Morgan fingerprint density at radius 2 is 2.00 bits per heavy atom. The molecule has 6 nitrogen and oxygen atoms in total. The average Bonchev–Trinajstić information content (AvgIpc) is 3.12. The Hall–Kier alpha value is -2.05. The van der Waals surface area contributed by atoms with Gasteiger partial charge in [0.1, 0.15) is 0 Å². The molecule has 1 aliphatic heterocycles. The number of halogens is 1. The second kappa shape index (κ2) is 6.22. The van der Waals surface area contributed by atoms with E-state index in [0.29, 0.717) is 6.04 Å². The number of rotatable bonds is 2. The first-order valence-electron chi connectivity index (χ1n) is 7.65. The molecular weight excluding hydrogens is 312 g/mol. The van der Waals surface area contributed by atoms with Crippen LogP contribution in [0.3, 0.4) is 0 Å². The summed E-state index contributed by atoms with van der Waals surface area (Å²) in [5, 5.41) is 12.2. The summed E-state index contributed by atoms with van der Waals surface area (Å²) in [5.41, 5.74) is 4.61. The number of hydrogen-bond acceptors (Lipinski definition) is 4. The number of nitrogens with zero attached hydrogens (tertiary/aromatic N) is 5. The van der Waals surface area contributed by atoms with Crippen molar-refractivity contribution in [1.82, 2.24) is 24.7 Å². The van der Waals surface area contributed by atoms with Crippen molar-refractivity contribution in [1.29, 1.82) is 0 Å². The van der Waals surface area contributed by atoms with Gasteiger partial charge in [-0.15, -0.1) is 12.4 Å². The minimum absolute atomic E-state index is 0. The molecule has 0 amide bonds. The van der Waals surface area contributed by atoms with Crippen LogP contribution in [0.4, 0.5) is 5.69 Å². The molecule has 1 N–H and O–H groups in total. The van der Waals surface area contributed by atoms with E-state index in [2.05, 4.69) is 45.7 Å². The zero-order valence-electron chi connectivity index (χ0n) is 13.3. The summed E-state index contributed by atoms with van der Waals surface area (Å²) in [5.74, 6) is 0. The molecule has 1 atom stereocenters. The maximum atomic E-state index is 4.54. The molecule has 0 radical (unpaired) electrons. The van der Waals surface area contributed by atoms with Gasteiger partial charge in [0.05, 0.1) is 23.6 Å². The molecule has 1 fully saturated rings. The molecule has 122 valence electrons. The Bertz CT molecular complexity index is 808. The Balaban J connectivity index is 0.00000156. The maximum absolute atomic E-state index is 4.54. The van der Waals surface area contributed by atoms with Crippen LogP contribution in [-0.4, -0.2) is 45.1 Å². The molecule has 0 aliphatic carbocycles. The molecule has 1 saturated heterocycles. The quantitative estimate of drug-likeness (QED) is 0.779. The van der Waals surface area contributed by atoms with Gasteiger partial charge < -0.3 is 10.2 Å². The fourth-order valence-corrected chi connectivity index (χ4v) is 3.11. The van der Waals surface area contributed by atoms with Gasteiger partial charge in [-0.25, -0.2) is 4.52 Å². The van der Waals surface area contributed by atoms with Crippen LogP contribution in [0.1, 0.15) is 6.92 Å². The lowest BCUT2D eigenvalue weighted by Gasteiger charge is -2.32. The van der Waals surface area contributed by atoms with Crippen LogP contribution in [0.5, 0.6) is 0 Å². The summed E-state index contributed by atoms with van der Waals surface area (Å²) >= 11 is 0. The molecule has 0 aromatic carbocycles. The molecule has 0 spiro atoms. The van der Waals surface area contributed by atoms with Crippen LogP contribution in [0.15, 0.2) is 36.9 Å². The first-order chi connectivity index (χ1) is 10.7. The van der Waals surface area contributed by atoms with E-state index >= 15 is 0 Å². The number of hydrogen-bond donors (Lipinski definition) is 1. The third-order valence-electron chi connectivity index (χ3n) is 4.24. The van der Waals surface area contributed by atoms with Crippen LogP contribution in [-0.2, 0) is 7.05 Å². The van der Waals surface area contributed by atoms with Gasteiger partial charge in [-0.2, -0.15) is 10.2 Å². The smallest absolute Gasteiger partial charge is 0.0896 e. The number of fused-ring (bicyclic) bond motifs is 1. The predicted octanol–water partition coefficient (Wildman–Crippen LogP) is 1.95. The molecule has 3 aromatic heterocycles. The van der Waals surface area contributed by atoms with Gasteiger partial charge >= 0.3 is 0 Å². The van der Waals surface area contributed by atoms with Crippen LogP contribution < -0.4 is 10.2 Å². The Morgan fingerprint density at radius 1 is 1.13 bits per heavy atom. The zero-order chi connectivity index (χ0) is 15.1. The van der Waals surface area contributed by atoms with Gasteiger partial charge in [-0.3, -0.25) is 4.68 Å². The monoisotopic (exact) mass is 332 g/mol. The Labute approximate surface area is 141 Å². The highest BCUT2D eigenvalue weighted by Crippen LogP contribution is 2.26. The summed E-state index contributed by atoms with van der Waals surface area (Å²) < 4.78 is 3.78. The summed E-state index contributed by atoms with van der Waals surface area (Å²) in [6.45, 7) is 5.28. The van der Waals surface area contributed by atoms with E-state index in [-0.39, 0.29) is 12.4 Å². The highest BCUT2D eigenvalue weighted by molar-refractivity contribution is 5.85. The van der Waals surface area contributed by atoms with Crippen molar-refractivity contribution >= 4 is 23.6 Å². The summed E-state index contributed by atoms with van der Waals surface area (Å²) in [7, 11) is 1.93. The molecule has 1 aliphatic rings. The molecule has 0 unspecified atom stereocenters. The zero-order valence-corrected chi connectivity index (χ0v) is 14.1. The average molecular weight is 333 g/mol. The Kier molecular flexibility index (Phi) is 4.28. The van der Waals surface area contributed by atoms with Crippen molar-refractivity contribution in [2.45, 2.75) is 13.0 Å². The first kappa shape index (κ1) is 15.8. The number of nitrogens with one attached hydrogen (secondary N) is 1. The molecular formula is C16H21ClN6. The third kappa shape index (κ3) is 2.92. The fraction of sp³-hybridized carbons (Fsp3) is 0.375. The number of aryl methyl sites for hydroxylation is 1. The van der Waals surface area contributed by atoms with Crippen LogP contribution >= 0.6 is 12.4 Å². The Morgan fingerprint density at radius 3 is 2.74 bits per heavy atom. The lowest BCUT2D eigenvalue weighted by Crippen LogP contribution is -2.49.